The number of amides is 1. The number of halogens is 2. The molecule has 0 unspecified atom stereocenters. The summed E-state index contributed by atoms with van der Waals surface area (Å²) in [4.78, 5) is 12.1. The van der Waals surface area contributed by atoms with Crippen molar-refractivity contribution >= 4 is 45.1 Å². The molecule has 98 valence electrons. The number of nitrogens with one attached hydrogen (secondary N) is 1. The second kappa shape index (κ2) is 4.80. The van der Waals surface area contributed by atoms with Crippen LogP contribution in [-0.4, -0.2) is 12.5 Å². The Morgan fingerprint density at radius 1 is 1.37 bits per heavy atom. The third kappa shape index (κ3) is 2.26. The topological polar surface area (TPSA) is 29.1 Å². The summed E-state index contributed by atoms with van der Waals surface area (Å²) in [6.07, 6.45) is 3.82. The van der Waals surface area contributed by atoms with Crippen LogP contribution in [0.4, 0.5) is 0 Å². The molecule has 2 aliphatic rings. The quantitative estimate of drug-likeness (QED) is 0.755. The molecule has 2 nitrogen and oxygen atoms in total. The van der Waals surface area contributed by atoms with Crippen molar-refractivity contribution in [1.29, 1.82) is 0 Å². The zero-order valence-electron chi connectivity index (χ0n) is 10.5. The van der Waals surface area contributed by atoms with E-state index in [4.69, 9.17) is 11.6 Å². The van der Waals surface area contributed by atoms with Crippen LogP contribution in [0.2, 0.25) is 5.02 Å². The number of allylic oxidation sites excluding steroid dienone is 1. The van der Waals surface area contributed by atoms with Crippen LogP contribution in [-0.2, 0) is 4.79 Å². The maximum absolute atomic E-state index is 12.1. The Labute approximate surface area is 125 Å². The second-order valence-electron chi connectivity index (χ2n) is 4.94. The Balaban J connectivity index is 2.33. The lowest BCUT2D eigenvalue weighted by molar-refractivity contribution is -0.117. The molecular formula is C15H13BrClNO. The highest BCUT2D eigenvalue weighted by Gasteiger charge is 2.24. The number of benzene rings is 1. The molecule has 0 atom stereocenters. The van der Waals surface area contributed by atoms with E-state index in [1.54, 1.807) is 0 Å². The van der Waals surface area contributed by atoms with Gasteiger partial charge in [-0.15, -0.1) is 0 Å². The predicted molar refractivity (Wildman–Crippen MR) is 82.0 cm³/mol. The molecule has 1 aliphatic carbocycles. The van der Waals surface area contributed by atoms with Crippen molar-refractivity contribution in [2.45, 2.75) is 19.8 Å². The lowest BCUT2D eigenvalue weighted by Gasteiger charge is -2.12. The summed E-state index contributed by atoms with van der Waals surface area (Å²) in [6, 6.07) is 3.84. The van der Waals surface area contributed by atoms with Gasteiger partial charge in [0.25, 0.3) is 0 Å². The van der Waals surface area contributed by atoms with Gasteiger partial charge in [-0.3, -0.25) is 4.79 Å². The molecule has 1 saturated heterocycles. The van der Waals surface area contributed by atoms with E-state index in [1.165, 1.54) is 5.57 Å². The van der Waals surface area contributed by atoms with E-state index in [0.717, 1.165) is 39.6 Å². The standard InChI is InChI=1S/C15H13BrClNO/c1-8-11-6-10(17)7-14(16)13(11)5-9-2-3-18-15(19)12(8)4-9/h5-7H,2-4H2,1H3,(H,18,19). The van der Waals surface area contributed by atoms with Crippen LogP contribution in [0.25, 0.3) is 11.6 Å². The average Bonchev–Trinajstić information content (AvgIpc) is 2.61. The van der Waals surface area contributed by atoms with Gasteiger partial charge in [-0.1, -0.05) is 39.2 Å². The summed E-state index contributed by atoms with van der Waals surface area (Å²) in [7, 11) is 0. The SMILES string of the molecule is CC1=C2CC(=Cc3c(Br)cc(Cl)cc31)CCNC2=O. The van der Waals surface area contributed by atoms with Gasteiger partial charge in [-0.25, -0.2) is 0 Å². The maximum Gasteiger partial charge on any atom is 0.247 e. The van der Waals surface area contributed by atoms with E-state index in [0.29, 0.717) is 11.6 Å². The zero-order valence-corrected chi connectivity index (χ0v) is 12.9. The molecule has 0 radical (unpaired) electrons. The molecule has 1 fully saturated rings. The van der Waals surface area contributed by atoms with E-state index < -0.39 is 0 Å². The summed E-state index contributed by atoms with van der Waals surface area (Å²) in [5.74, 6) is 0.0462. The van der Waals surface area contributed by atoms with Crippen LogP contribution < -0.4 is 5.32 Å². The van der Waals surface area contributed by atoms with Gasteiger partial charge >= 0.3 is 0 Å². The van der Waals surface area contributed by atoms with Gasteiger partial charge in [0.05, 0.1) is 0 Å². The molecule has 1 heterocycles. The second-order valence-corrected chi connectivity index (χ2v) is 6.23. The smallest absolute Gasteiger partial charge is 0.247 e. The lowest BCUT2D eigenvalue weighted by atomic mass is 9.97. The Morgan fingerprint density at radius 3 is 2.95 bits per heavy atom. The summed E-state index contributed by atoms with van der Waals surface area (Å²) in [5, 5.41) is 3.63. The first-order chi connectivity index (χ1) is 9.06. The fraction of sp³-hybridized carbons (Fsp3) is 0.267. The Kier molecular flexibility index (Phi) is 3.27. The Morgan fingerprint density at radius 2 is 2.16 bits per heavy atom. The molecule has 1 aromatic carbocycles. The minimum atomic E-state index is 0.0462. The molecule has 1 aromatic rings. The normalized spacial score (nSPS) is 18.3. The number of carbonyl (C=O) groups excluding carboxylic acids is 1. The highest BCUT2D eigenvalue weighted by molar-refractivity contribution is 9.10. The number of rotatable bonds is 0. The van der Waals surface area contributed by atoms with Gasteiger partial charge in [0.1, 0.15) is 0 Å². The van der Waals surface area contributed by atoms with Crippen molar-refractivity contribution in [3.63, 3.8) is 0 Å². The van der Waals surface area contributed by atoms with Crippen LogP contribution in [0.5, 0.6) is 0 Å². The van der Waals surface area contributed by atoms with Crippen LogP contribution in [0, 0.1) is 0 Å². The highest BCUT2D eigenvalue weighted by atomic mass is 79.9. The first-order valence-electron chi connectivity index (χ1n) is 6.23. The fourth-order valence-corrected chi connectivity index (χ4v) is 3.60. The Bertz CT molecular complexity index is 646. The largest absolute Gasteiger partial charge is 0.352 e. The van der Waals surface area contributed by atoms with Crippen molar-refractivity contribution < 1.29 is 4.79 Å². The minimum absolute atomic E-state index is 0.0462. The van der Waals surface area contributed by atoms with E-state index >= 15 is 0 Å². The van der Waals surface area contributed by atoms with E-state index in [9.17, 15) is 4.79 Å². The van der Waals surface area contributed by atoms with E-state index in [1.807, 2.05) is 19.1 Å². The van der Waals surface area contributed by atoms with E-state index in [-0.39, 0.29) is 5.91 Å². The summed E-state index contributed by atoms with van der Waals surface area (Å²) in [5.41, 5.74) is 5.33. The monoisotopic (exact) mass is 337 g/mol. The van der Waals surface area contributed by atoms with Crippen LogP contribution in [0.1, 0.15) is 30.9 Å². The number of hydrogen-bond donors (Lipinski definition) is 1. The van der Waals surface area contributed by atoms with Crippen molar-refractivity contribution in [3.05, 3.63) is 43.9 Å². The molecule has 1 aliphatic heterocycles. The number of carbonyl (C=O) groups is 1. The van der Waals surface area contributed by atoms with Gasteiger partial charge < -0.3 is 5.32 Å². The number of hydrogen-bond acceptors (Lipinski definition) is 1. The number of fused-ring (bicyclic) bond motifs is 3. The van der Waals surface area contributed by atoms with Crippen LogP contribution in [0.15, 0.2) is 27.8 Å². The van der Waals surface area contributed by atoms with Crippen molar-refractivity contribution in [1.82, 2.24) is 5.32 Å². The van der Waals surface area contributed by atoms with Gasteiger partial charge in [0, 0.05) is 21.6 Å². The molecule has 1 amide bonds. The molecule has 0 aromatic heterocycles. The molecule has 2 bridgehead atoms. The molecule has 4 heteroatoms. The van der Waals surface area contributed by atoms with Crippen LogP contribution >= 0.6 is 27.5 Å². The first-order valence-corrected chi connectivity index (χ1v) is 7.40. The first kappa shape index (κ1) is 12.9. The van der Waals surface area contributed by atoms with Crippen molar-refractivity contribution in [2.24, 2.45) is 0 Å². The van der Waals surface area contributed by atoms with Gasteiger partial charge in [-0.2, -0.15) is 0 Å². The minimum Gasteiger partial charge on any atom is -0.352 e. The fourth-order valence-electron chi connectivity index (χ4n) is 2.67. The van der Waals surface area contributed by atoms with Crippen LogP contribution in [0.3, 0.4) is 0 Å². The highest BCUT2D eigenvalue weighted by Crippen LogP contribution is 2.38. The van der Waals surface area contributed by atoms with Gasteiger partial charge in [0.15, 0.2) is 0 Å². The Hall–Kier alpha value is -1.06. The summed E-state index contributed by atoms with van der Waals surface area (Å²) < 4.78 is 0.981. The van der Waals surface area contributed by atoms with Crippen molar-refractivity contribution in [2.75, 3.05) is 6.54 Å². The van der Waals surface area contributed by atoms with E-state index in [2.05, 4.69) is 27.3 Å². The third-order valence-corrected chi connectivity index (χ3v) is 4.58. The van der Waals surface area contributed by atoms with Gasteiger partial charge in [0.2, 0.25) is 5.91 Å². The molecule has 0 spiro atoms. The molecule has 1 N–H and O–H groups in total. The molecule has 19 heavy (non-hydrogen) atoms. The zero-order chi connectivity index (χ0) is 13.6. The van der Waals surface area contributed by atoms with Gasteiger partial charge in [-0.05, 0) is 48.6 Å². The molecular weight excluding hydrogens is 326 g/mol. The lowest BCUT2D eigenvalue weighted by Crippen LogP contribution is -2.24. The predicted octanol–water partition coefficient (Wildman–Crippen LogP) is 4.18. The molecule has 3 rings (SSSR count). The summed E-state index contributed by atoms with van der Waals surface area (Å²) in [6.45, 7) is 2.71. The molecule has 0 saturated carbocycles. The van der Waals surface area contributed by atoms with Crippen molar-refractivity contribution in [3.8, 4) is 0 Å². The maximum atomic E-state index is 12.1. The third-order valence-electron chi connectivity index (χ3n) is 3.71. The average molecular weight is 339 g/mol. The summed E-state index contributed by atoms with van der Waals surface area (Å²) >= 11 is 9.71.